The van der Waals surface area contributed by atoms with Crippen LogP contribution in [0.3, 0.4) is 0 Å². The van der Waals surface area contributed by atoms with Crippen molar-refractivity contribution < 1.29 is 19.8 Å². The van der Waals surface area contributed by atoms with Gasteiger partial charge in [0.25, 0.3) is 0 Å². The lowest BCUT2D eigenvalue weighted by Gasteiger charge is -2.61. The van der Waals surface area contributed by atoms with Crippen LogP contribution in [0.5, 0.6) is 0 Å². The highest BCUT2D eigenvalue weighted by Gasteiger charge is 2.63. The van der Waals surface area contributed by atoms with Crippen molar-refractivity contribution in [2.24, 2.45) is 34.5 Å². The standard InChI is InChI=1S/C20H30O4/c1-19-8-7-12(21)9-11(19)3-4-13-14-5-6-15(22)18(24)20(14,2)10-16(23)17(13)19/h11-15,17,21-22H,3-10H2,1-2H3/t11-,12+,13-,14+,15-,17+,19+,20+/m0/s1. The van der Waals surface area contributed by atoms with Gasteiger partial charge in [0.05, 0.1) is 6.10 Å². The molecule has 0 aromatic heterocycles. The topological polar surface area (TPSA) is 74.6 Å². The fourth-order valence-corrected chi connectivity index (χ4v) is 7.07. The van der Waals surface area contributed by atoms with Crippen molar-refractivity contribution in [2.75, 3.05) is 0 Å². The Morgan fingerprint density at radius 3 is 2.50 bits per heavy atom. The lowest BCUT2D eigenvalue weighted by Crippen LogP contribution is -2.61. The van der Waals surface area contributed by atoms with Crippen LogP contribution in [0, 0.1) is 34.5 Å². The van der Waals surface area contributed by atoms with E-state index >= 15 is 0 Å². The molecule has 0 bridgehead atoms. The molecule has 0 saturated heterocycles. The molecule has 0 aromatic carbocycles. The van der Waals surface area contributed by atoms with Crippen LogP contribution in [0.1, 0.15) is 65.2 Å². The van der Waals surface area contributed by atoms with Crippen LogP contribution in [0.4, 0.5) is 0 Å². The maximum absolute atomic E-state index is 13.2. The summed E-state index contributed by atoms with van der Waals surface area (Å²) in [5, 5.41) is 20.1. The molecular formula is C20H30O4. The van der Waals surface area contributed by atoms with E-state index in [1.165, 1.54) is 0 Å². The highest BCUT2D eigenvalue weighted by molar-refractivity contribution is 5.96. The van der Waals surface area contributed by atoms with Crippen molar-refractivity contribution in [1.82, 2.24) is 0 Å². The molecule has 0 unspecified atom stereocenters. The summed E-state index contributed by atoms with van der Waals surface area (Å²) in [4.78, 5) is 25.9. The van der Waals surface area contributed by atoms with Crippen molar-refractivity contribution in [3.8, 4) is 0 Å². The number of carbonyl (C=O) groups is 2. The summed E-state index contributed by atoms with van der Waals surface area (Å²) >= 11 is 0. The average Bonchev–Trinajstić information content (AvgIpc) is 2.52. The average molecular weight is 334 g/mol. The van der Waals surface area contributed by atoms with Crippen LogP contribution in [0.2, 0.25) is 0 Å². The Balaban J connectivity index is 1.70. The van der Waals surface area contributed by atoms with Crippen molar-refractivity contribution >= 4 is 11.6 Å². The Hall–Kier alpha value is -0.740. The van der Waals surface area contributed by atoms with E-state index in [0.29, 0.717) is 18.8 Å². The number of Topliss-reactive ketones (excluding diaryl/α,β-unsaturated/α-hetero) is 2. The molecule has 0 amide bonds. The first-order valence-electron chi connectivity index (χ1n) is 9.70. The van der Waals surface area contributed by atoms with Gasteiger partial charge in [-0.25, -0.2) is 0 Å². The van der Waals surface area contributed by atoms with Crippen molar-refractivity contribution in [3.63, 3.8) is 0 Å². The molecule has 4 fully saturated rings. The van der Waals surface area contributed by atoms with E-state index in [4.69, 9.17) is 0 Å². The first-order valence-corrected chi connectivity index (χ1v) is 9.70. The summed E-state index contributed by atoms with van der Waals surface area (Å²) < 4.78 is 0. The van der Waals surface area contributed by atoms with E-state index in [-0.39, 0.29) is 40.8 Å². The van der Waals surface area contributed by atoms with Gasteiger partial charge in [0.2, 0.25) is 0 Å². The van der Waals surface area contributed by atoms with E-state index in [0.717, 1.165) is 38.5 Å². The third-order valence-electron chi connectivity index (χ3n) is 8.33. The lowest BCUT2D eigenvalue weighted by atomic mass is 9.42. The molecule has 0 radical (unpaired) electrons. The molecule has 0 heterocycles. The van der Waals surface area contributed by atoms with Crippen molar-refractivity contribution in [2.45, 2.75) is 77.4 Å². The summed E-state index contributed by atoms with van der Waals surface area (Å²) in [6.45, 7) is 4.19. The molecule has 134 valence electrons. The Labute approximate surface area is 144 Å². The molecule has 0 spiro atoms. The monoisotopic (exact) mass is 334 g/mol. The summed E-state index contributed by atoms with van der Waals surface area (Å²) in [5.74, 6) is 1.14. The maximum Gasteiger partial charge on any atom is 0.167 e. The highest BCUT2D eigenvalue weighted by atomic mass is 16.3. The Bertz CT molecular complexity index is 572. The van der Waals surface area contributed by atoms with Crippen LogP contribution in [0.25, 0.3) is 0 Å². The van der Waals surface area contributed by atoms with Crippen molar-refractivity contribution in [3.05, 3.63) is 0 Å². The van der Waals surface area contributed by atoms with Crippen LogP contribution in [-0.2, 0) is 9.59 Å². The second-order valence-corrected chi connectivity index (χ2v) is 9.47. The SMILES string of the molecule is C[C@@]12CC[C@@H](O)C[C@@H]1CC[C@H]1[C@H]3CC[C@H](O)C(=O)[C@]3(C)CC(=O)[C@@H]12. The number of rotatable bonds is 0. The zero-order valence-corrected chi connectivity index (χ0v) is 14.8. The number of aliphatic hydroxyl groups excluding tert-OH is 2. The van der Waals surface area contributed by atoms with E-state index in [2.05, 4.69) is 6.92 Å². The molecule has 24 heavy (non-hydrogen) atoms. The molecule has 4 saturated carbocycles. The summed E-state index contributed by atoms with van der Waals surface area (Å²) in [6, 6.07) is 0. The number of hydrogen-bond acceptors (Lipinski definition) is 4. The first kappa shape index (κ1) is 16.7. The summed E-state index contributed by atoms with van der Waals surface area (Å²) in [6.07, 6.45) is 5.22. The fourth-order valence-electron chi connectivity index (χ4n) is 7.07. The smallest absolute Gasteiger partial charge is 0.167 e. The second kappa shape index (κ2) is 5.38. The molecule has 2 N–H and O–H groups in total. The Kier molecular flexibility index (Phi) is 3.74. The van der Waals surface area contributed by atoms with Crippen molar-refractivity contribution in [1.29, 1.82) is 0 Å². The zero-order valence-electron chi connectivity index (χ0n) is 14.8. The van der Waals surface area contributed by atoms with E-state index in [1.807, 2.05) is 6.92 Å². The summed E-state index contributed by atoms with van der Waals surface area (Å²) in [5.41, 5.74) is -0.674. The van der Waals surface area contributed by atoms with Gasteiger partial charge in [-0.3, -0.25) is 9.59 Å². The fraction of sp³-hybridized carbons (Fsp3) is 0.900. The van der Waals surface area contributed by atoms with Gasteiger partial charge in [-0.05, 0) is 68.1 Å². The highest BCUT2D eigenvalue weighted by Crippen LogP contribution is 2.63. The molecule has 4 heteroatoms. The molecule has 0 aliphatic heterocycles. The van der Waals surface area contributed by atoms with E-state index < -0.39 is 11.5 Å². The minimum Gasteiger partial charge on any atom is -0.393 e. The van der Waals surface area contributed by atoms with Crippen LogP contribution in [0.15, 0.2) is 0 Å². The van der Waals surface area contributed by atoms with Gasteiger partial charge in [-0.1, -0.05) is 13.8 Å². The predicted molar refractivity (Wildman–Crippen MR) is 89.1 cm³/mol. The van der Waals surface area contributed by atoms with Gasteiger partial charge in [-0.2, -0.15) is 0 Å². The van der Waals surface area contributed by atoms with Gasteiger partial charge in [0, 0.05) is 17.8 Å². The number of aliphatic hydroxyl groups is 2. The van der Waals surface area contributed by atoms with Gasteiger partial charge < -0.3 is 10.2 Å². The minimum atomic E-state index is -0.882. The molecule has 4 aliphatic rings. The van der Waals surface area contributed by atoms with Crippen LogP contribution >= 0.6 is 0 Å². The van der Waals surface area contributed by atoms with E-state index in [9.17, 15) is 19.8 Å². The van der Waals surface area contributed by atoms with Gasteiger partial charge >= 0.3 is 0 Å². The molecule has 4 nitrogen and oxygen atoms in total. The number of ketones is 2. The van der Waals surface area contributed by atoms with Crippen LogP contribution in [-0.4, -0.2) is 34.0 Å². The lowest BCUT2D eigenvalue weighted by molar-refractivity contribution is -0.176. The largest absolute Gasteiger partial charge is 0.393 e. The quantitative estimate of drug-likeness (QED) is 0.714. The number of fused-ring (bicyclic) bond motifs is 5. The second-order valence-electron chi connectivity index (χ2n) is 9.47. The maximum atomic E-state index is 13.2. The van der Waals surface area contributed by atoms with Gasteiger partial charge in [-0.15, -0.1) is 0 Å². The molecule has 8 atom stereocenters. The zero-order chi connectivity index (χ0) is 17.3. The van der Waals surface area contributed by atoms with Gasteiger partial charge in [0.1, 0.15) is 11.9 Å². The predicted octanol–water partition coefficient (Wildman–Crippen LogP) is 2.50. The normalized spacial score (nSPS) is 54.7. The molecule has 4 rings (SSSR count). The Morgan fingerprint density at radius 1 is 1.00 bits per heavy atom. The molecular weight excluding hydrogens is 304 g/mol. The molecule has 4 aliphatic carbocycles. The van der Waals surface area contributed by atoms with E-state index in [1.54, 1.807) is 0 Å². The van der Waals surface area contributed by atoms with Crippen LogP contribution < -0.4 is 0 Å². The summed E-state index contributed by atoms with van der Waals surface area (Å²) in [7, 11) is 0. The number of hydrogen-bond donors (Lipinski definition) is 2. The Morgan fingerprint density at radius 2 is 1.75 bits per heavy atom. The minimum absolute atomic E-state index is 0.0142. The van der Waals surface area contributed by atoms with Gasteiger partial charge in [0.15, 0.2) is 5.78 Å². The third-order valence-corrected chi connectivity index (χ3v) is 8.33. The first-order chi connectivity index (χ1) is 11.3. The third kappa shape index (κ3) is 2.11. The number of carbonyl (C=O) groups excluding carboxylic acids is 2. The molecule has 0 aromatic rings.